The Balaban J connectivity index is 2.21. The summed E-state index contributed by atoms with van der Waals surface area (Å²) in [6.45, 7) is 2.11. The van der Waals surface area contributed by atoms with E-state index in [4.69, 9.17) is 11.6 Å². The van der Waals surface area contributed by atoms with Gasteiger partial charge in [-0.2, -0.15) is 11.8 Å². The zero-order chi connectivity index (χ0) is 10.7. The molecule has 2 rings (SSSR count). The number of nitrogens with zero attached hydrogens (tertiary/aromatic N) is 1. The molecule has 1 aliphatic heterocycles. The number of thioether (sulfide) groups is 1. The zero-order valence-corrected chi connectivity index (χ0v) is 9.85. The number of rotatable bonds is 2. The van der Waals surface area contributed by atoms with Crippen LogP contribution in [0.15, 0.2) is 18.2 Å². The Morgan fingerprint density at radius 1 is 1.33 bits per heavy atom. The van der Waals surface area contributed by atoms with E-state index in [1.54, 1.807) is 6.07 Å². The van der Waals surface area contributed by atoms with Crippen LogP contribution in [0.4, 0.5) is 5.69 Å². The summed E-state index contributed by atoms with van der Waals surface area (Å²) in [5.74, 6) is 2.32. The highest BCUT2D eigenvalue weighted by Gasteiger charge is 2.12. The minimum atomic E-state index is 0.542. The fourth-order valence-corrected chi connectivity index (χ4v) is 2.75. The van der Waals surface area contributed by atoms with Crippen molar-refractivity contribution in [2.24, 2.45) is 0 Å². The van der Waals surface area contributed by atoms with Crippen molar-refractivity contribution in [3.05, 3.63) is 28.8 Å². The molecular weight excluding hydrogens is 230 g/mol. The van der Waals surface area contributed by atoms with Gasteiger partial charge < -0.3 is 4.90 Å². The van der Waals surface area contributed by atoms with Gasteiger partial charge in [0.2, 0.25) is 0 Å². The van der Waals surface area contributed by atoms with Gasteiger partial charge in [0.25, 0.3) is 0 Å². The summed E-state index contributed by atoms with van der Waals surface area (Å²) in [6, 6.07) is 5.62. The third-order valence-electron chi connectivity index (χ3n) is 2.49. The van der Waals surface area contributed by atoms with Gasteiger partial charge in [-0.1, -0.05) is 11.6 Å². The number of benzene rings is 1. The molecule has 15 heavy (non-hydrogen) atoms. The first-order valence-electron chi connectivity index (χ1n) is 4.88. The van der Waals surface area contributed by atoms with Crippen molar-refractivity contribution < 1.29 is 4.79 Å². The second-order valence-corrected chi connectivity index (χ2v) is 5.06. The number of aldehydes is 1. The first-order valence-corrected chi connectivity index (χ1v) is 6.42. The number of hydrogen-bond donors (Lipinski definition) is 0. The number of halogens is 1. The maximum absolute atomic E-state index is 10.6. The first-order chi connectivity index (χ1) is 7.31. The molecule has 2 nitrogen and oxygen atoms in total. The summed E-state index contributed by atoms with van der Waals surface area (Å²) >= 11 is 7.96. The molecule has 1 fully saturated rings. The van der Waals surface area contributed by atoms with Crippen LogP contribution in [0.1, 0.15) is 10.4 Å². The maximum Gasteiger partial charge on any atom is 0.151 e. The van der Waals surface area contributed by atoms with Crippen LogP contribution in [0, 0.1) is 0 Å². The largest absolute Gasteiger partial charge is 0.370 e. The third kappa shape index (κ3) is 2.47. The van der Waals surface area contributed by atoms with Gasteiger partial charge in [0.1, 0.15) is 0 Å². The Kier molecular flexibility index (Phi) is 3.54. The van der Waals surface area contributed by atoms with Crippen molar-refractivity contribution in [2.45, 2.75) is 0 Å². The Bertz CT molecular complexity index is 364. The van der Waals surface area contributed by atoms with Crippen molar-refractivity contribution in [3.8, 4) is 0 Å². The van der Waals surface area contributed by atoms with Crippen molar-refractivity contribution in [1.82, 2.24) is 0 Å². The number of hydrogen-bond acceptors (Lipinski definition) is 3. The lowest BCUT2D eigenvalue weighted by Crippen LogP contribution is -2.32. The number of anilines is 1. The van der Waals surface area contributed by atoms with E-state index in [0.29, 0.717) is 10.6 Å². The first kappa shape index (κ1) is 10.8. The Hall–Kier alpha value is -0.670. The average Bonchev–Trinajstić information content (AvgIpc) is 2.30. The molecule has 1 aliphatic rings. The van der Waals surface area contributed by atoms with Gasteiger partial charge >= 0.3 is 0 Å². The highest BCUT2D eigenvalue weighted by atomic mass is 35.5. The van der Waals surface area contributed by atoms with E-state index in [1.165, 1.54) is 0 Å². The van der Waals surface area contributed by atoms with Crippen LogP contribution in [-0.4, -0.2) is 30.9 Å². The summed E-state index contributed by atoms with van der Waals surface area (Å²) in [6.07, 6.45) is 0.790. The number of carbonyl (C=O) groups excluding carboxylic acids is 1. The summed E-state index contributed by atoms with van der Waals surface area (Å²) in [5.41, 5.74) is 1.68. The van der Waals surface area contributed by atoms with E-state index < -0.39 is 0 Å². The van der Waals surface area contributed by atoms with E-state index in [1.807, 2.05) is 23.9 Å². The molecule has 0 aromatic heterocycles. The smallest absolute Gasteiger partial charge is 0.151 e. The molecule has 0 saturated carbocycles. The lowest BCUT2D eigenvalue weighted by atomic mass is 10.2. The van der Waals surface area contributed by atoms with E-state index >= 15 is 0 Å². The fraction of sp³-hybridized carbons (Fsp3) is 0.364. The van der Waals surface area contributed by atoms with Gasteiger partial charge in [-0.3, -0.25) is 4.79 Å². The Labute approximate surface area is 98.6 Å². The molecule has 0 amide bonds. The maximum atomic E-state index is 10.6. The van der Waals surface area contributed by atoms with Gasteiger partial charge in [-0.05, 0) is 18.2 Å². The summed E-state index contributed by atoms with van der Waals surface area (Å²) in [7, 11) is 0. The van der Waals surface area contributed by atoms with E-state index in [2.05, 4.69) is 4.90 Å². The number of carbonyl (C=O) groups is 1. The van der Waals surface area contributed by atoms with Gasteiger partial charge in [-0.15, -0.1) is 0 Å². The molecule has 0 spiro atoms. The van der Waals surface area contributed by atoms with Crippen LogP contribution in [0.25, 0.3) is 0 Å². The standard InChI is InChI=1S/C11H12ClNOS/c12-11-7-10(2-1-9(11)8-14)13-3-5-15-6-4-13/h1-2,7-8H,3-6H2. The molecule has 1 saturated heterocycles. The quantitative estimate of drug-likeness (QED) is 0.743. The van der Waals surface area contributed by atoms with E-state index in [-0.39, 0.29) is 0 Å². The second-order valence-electron chi connectivity index (χ2n) is 3.42. The predicted octanol–water partition coefficient (Wildman–Crippen LogP) is 2.71. The molecule has 0 N–H and O–H groups in total. The topological polar surface area (TPSA) is 20.3 Å². The van der Waals surface area contributed by atoms with Gasteiger partial charge in [-0.25, -0.2) is 0 Å². The minimum absolute atomic E-state index is 0.542. The Morgan fingerprint density at radius 3 is 2.67 bits per heavy atom. The lowest BCUT2D eigenvalue weighted by molar-refractivity contribution is 0.112. The average molecular weight is 242 g/mol. The van der Waals surface area contributed by atoms with Crippen LogP contribution in [0.5, 0.6) is 0 Å². The second kappa shape index (κ2) is 4.90. The lowest BCUT2D eigenvalue weighted by Gasteiger charge is -2.28. The van der Waals surface area contributed by atoms with E-state index in [9.17, 15) is 4.79 Å². The molecule has 0 unspecified atom stereocenters. The van der Waals surface area contributed by atoms with Crippen LogP contribution in [0.2, 0.25) is 5.02 Å². The van der Waals surface area contributed by atoms with Gasteiger partial charge in [0.05, 0.1) is 5.02 Å². The fourth-order valence-electron chi connectivity index (χ4n) is 1.63. The molecule has 0 atom stereocenters. The normalized spacial score (nSPS) is 16.5. The molecule has 0 bridgehead atoms. The molecule has 0 aliphatic carbocycles. The molecule has 80 valence electrons. The van der Waals surface area contributed by atoms with Crippen molar-refractivity contribution in [2.75, 3.05) is 29.5 Å². The van der Waals surface area contributed by atoms with Crippen LogP contribution >= 0.6 is 23.4 Å². The van der Waals surface area contributed by atoms with Crippen molar-refractivity contribution in [3.63, 3.8) is 0 Å². The van der Waals surface area contributed by atoms with Crippen LogP contribution in [-0.2, 0) is 0 Å². The molecule has 4 heteroatoms. The molecule has 0 radical (unpaired) electrons. The predicted molar refractivity (Wildman–Crippen MR) is 66.4 cm³/mol. The summed E-state index contributed by atoms with van der Waals surface area (Å²) < 4.78 is 0. The molecular formula is C11H12ClNOS. The van der Waals surface area contributed by atoms with Crippen molar-refractivity contribution in [1.29, 1.82) is 0 Å². The van der Waals surface area contributed by atoms with E-state index in [0.717, 1.165) is 36.6 Å². The molecule has 1 heterocycles. The minimum Gasteiger partial charge on any atom is -0.370 e. The zero-order valence-electron chi connectivity index (χ0n) is 8.28. The molecule has 1 aromatic carbocycles. The van der Waals surface area contributed by atoms with Crippen molar-refractivity contribution >= 4 is 35.3 Å². The molecule has 1 aromatic rings. The summed E-state index contributed by atoms with van der Waals surface area (Å²) in [5, 5.41) is 0.542. The van der Waals surface area contributed by atoms with Gasteiger partial charge in [0, 0.05) is 35.8 Å². The SMILES string of the molecule is O=Cc1ccc(N2CCSCC2)cc1Cl. The monoisotopic (exact) mass is 241 g/mol. The Morgan fingerprint density at radius 2 is 2.07 bits per heavy atom. The highest BCUT2D eigenvalue weighted by molar-refractivity contribution is 7.99. The van der Waals surface area contributed by atoms with Gasteiger partial charge in [0.15, 0.2) is 6.29 Å². The summed E-state index contributed by atoms with van der Waals surface area (Å²) in [4.78, 5) is 12.9. The van der Waals surface area contributed by atoms with Crippen LogP contribution in [0.3, 0.4) is 0 Å². The highest BCUT2D eigenvalue weighted by Crippen LogP contribution is 2.24. The third-order valence-corrected chi connectivity index (χ3v) is 3.76. The van der Waals surface area contributed by atoms with Crippen LogP contribution < -0.4 is 4.90 Å².